The molecule has 3 aromatic carbocycles. The number of anilines is 2. The average molecular weight is 431 g/mol. The number of carbonyl (C=O) groups is 1. The molecule has 0 aliphatic rings. The highest BCUT2D eigenvalue weighted by Gasteiger charge is 2.08. The zero-order valence-electron chi connectivity index (χ0n) is 15.7. The van der Waals surface area contributed by atoms with Crippen LogP contribution in [0.15, 0.2) is 66.7 Å². The van der Waals surface area contributed by atoms with E-state index in [-0.39, 0.29) is 12.5 Å². The summed E-state index contributed by atoms with van der Waals surface area (Å²) in [6.45, 7) is 0.452. The molecular formula is C22H20Cl2N2O3. The van der Waals surface area contributed by atoms with Crippen LogP contribution in [0, 0.1) is 0 Å². The topological polar surface area (TPSA) is 59.6 Å². The number of hydrogen-bond acceptors (Lipinski definition) is 4. The lowest BCUT2D eigenvalue weighted by molar-refractivity contribution is -0.118. The van der Waals surface area contributed by atoms with Gasteiger partial charge in [-0.05, 0) is 66.2 Å². The van der Waals surface area contributed by atoms with E-state index in [1.807, 2.05) is 30.3 Å². The summed E-state index contributed by atoms with van der Waals surface area (Å²) in [5.41, 5.74) is 2.61. The maximum atomic E-state index is 12.1. The number of amides is 1. The van der Waals surface area contributed by atoms with Crippen LogP contribution in [0.25, 0.3) is 0 Å². The number of rotatable bonds is 8. The van der Waals surface area contributed by atoms with Gasteiger partial charge in [-0.15, -0.1) is 0 Å². The summed E-state index contributed by atoms with van der Waals surface area (Å²) in [5, 5.41) is 7.18. The van der Waals surface area contributed by atoms with Gasteiger partial charge in [-0.3, -0.25) is 4.79 Å². The Labute approximate surface area is 179 Å². The van der Waals surface area contributed by atoms with Gasteiger partial charge in [0.15, 0.2) is 6.61 Å². The molecule has 5 nitrogen and oxygen atoms in total. The number of hydrogen-bond donors (Lipinski definition) is 2. The van der Waals surface area contributed by atoms with Crippen LogP contribution in [0.4, 0.5) is 11.4 Å². The van der Waals surface area contributed by atoms with Crippen molar-refractivity contribution < 1.29 is 14.3 Å². The monoisotopic (exact) mass is 430 g/mol. The summed E-state index contributed by atoms with van der Waals surface area (Å²) in [6, 6.07) is 20.0. The van der Waals surface area contributed by atoms with E-state index < -0.39 is 0 Å². The van der Waals surface area contributed by atoms with E-state index in [9.17, 15) is 4.79 Å². The first-order valence-corrected chi connectivity index (χ1v) is 9.63. The van der Waals surface area contributed by atoms with Crippen LogP contribution in [-0.4, -0.2) is 19.6 Å². The van der Waals surface area contributed by atoms with Gasteiger partial charge in [0.25, 0.3) is 5.91 Å². The van der Waals surface area contributed by atoms with Crippen LogP contribution in [0.2, 0.25) is 10.0 Å². The van der Waals surface area contributed by atoms with Gasteiger partial charge in [-0.25, -0.2) is 0 Å². The van der Waals surface area contributed by atoms with Crippen molar-refractivity contribution in [3.05, 3.63) is 82.3 Å². The number of halogens is 2. The Morgan fingerprint density at radius 3 is 2.28 bits per heavy atom. The van der Waals surface area contributed by atoms with E-state index in [4.69, 9.17) is 32.7 Å². The number of ether oxygens (including phenoxy) is 2. The van der Waals surface area contributed by atoms with Crippen molar-refractivity contribution in [3.8, 4) is 11.5 Å². The van der Waals surface area contributed by atoms with Gasteiger partial charge in [-0.2, -0.15) is 0 Å². The van der Waals surface area contributed by atoms with Crippen LogP contribution in [-0.2, 0) is 11.3 Å². The van der Waals surface area contributed by atoms with Crippen LogP contribution in [0.3, 0.4) is 0 Å². The molecule has 0 radical (unpaired) electrons. The van der Waals surface area contributed by atoms with Crippen LogP contribution < -0.4 is 20.1 Å². The summed E-state index contributed by atoms with van der Waals surface area (Å²) < 4.78 is 10.6. The van der Waals surface area contributed by atoms with Gasteiger partial charge >= 0.3 is 0 Å². The molecule has 0 aliphatic heterocycles. The molecule has 0 heterocycles. The number of nitrogens with one attached hydrogen (secondary N) is 2. The molecule has 0 spiro atoms. The van der Waals surface area contributed by atoms with Crippen molar-refractivity contribution in [2.24, 2.45) is 0 Å². The highest BCUT2D eigenvalue weighted by molar-refractivity contribution is 6.32. The second kappa shape index (κ2) is 10.0. The minimum Gasteiger partial charge on any atom is -0.497 e. The standard InChI is InChI=1S/C22H20Cl2N2O3/c1-28-19-9-7-18(8-10-19)26-22(27)14-29-21-11-2-15(12-20(21)24)13-25-17-5-3-16(23)4-6-17/h2-12,25H,13-14H2,1H3,(H,26,27). The molecule has 0 aliphatic carbocycles. The second-order valence-electron chi connectivity index (χ2n) is 6.19. The second-order valence-corrected chi connectivity index (χ2v) is 7.03. The predicted octanol–water partition coefficient (Wildman–Crippen LogP) is 5.63. The maximum absolute atomic E-state index is 12.1. The highest BCUT2D eigenvalue weighted by Crippen LogP contribution is 2.26. The smallest absolute Gasteiger partial charge is 0.262 e. The van der Waals surface area contributed by atoms with Crippen LogP contribution >= 0.6 is 23.2 Å². The van der Waals surface area contributed by atoms with E-state index in [1.54, 1.807) is 43.5 Å². The molecule has 7 heteroatoms. The fraction of sp³-hybridized carbons (Fsp3) is 0.136. The van der Waals surface area contributed by atoms with Gasteiger partial charge in [-0.1, -0.05) is 29.3 Å². The van der Waals surface area contributed by atoms with Gasteiger partial charge < -0.3 is 20.1 Å². The Morgan fingerprint density at radius 1 is 0.931 bits per heavy atom. The highest BCUT2D eigenvalue weighted by atomic mass is 35.5. The van der Waals surface area contributed by atoms with Crippen molar-refractivity contribution >= 4 is 40.5 Å². The Kier molecular flexibility index (Phi) is 7.22. The van der Waals surface area contributed by atoms with Crippen molar-refractivity contribution in [2.75, 3.05) is 24.4 Å². The van der Waals surface area contributed by atoms with E-state index in [0.29, 0.717) is 28.0 Å². The van der Waals surface area contributed by atoms with Crippen molar-refractivity contribution in [3.63, 3.8) is 0 Å². The number of methoxy groups -OCH3 is 1. The SMILES string of the molecule is COc1ccc(NC(=O)COc2ccc(CNc3ccc(Cl)cc3)cc2Cl)cc1. The number of carbonyl (C=O) groups excluding carboxylic acids is 1. The van der Waals surface area contributed by atoms with Crippen molar-refractivity contribution in [2.45, 2.75) is 6.54 Å². The molecule has 0 atom stereocenters. The Hall–Kier alpha value is -2.89. The Balaban J connectivity index is 1.50. The lowest BCUT2D eigenvalue weighted by atomic mass is 10.2. The molecule has 0 bridgehead atoms. The van der Waals surface area contributed by atoms with E-state index in [0.717, 1.165) is 17.0 Å². The van der Waals surface area contributed by atoms with E-state index >= 15 is 0 Å². The van der Waals surface area contributed by atoms with Crippen molar-refractivity contribution in [1.82, 2.24) is 0 Å². The fourth-order valence-electron chi connectivity index (χ4n) is 2.56. The average Bonchev–Trinajstić information content (AvgIpc) is 2.73. The third-order valence-corrected chi connectivity index (χ3v) is 4.62. The summed E-state index contributed by atoms with van der Waals surface area (Å²) in [4.78, 5) is 12.1. The lowest BCUT2D eigenvalue weighted by Crippen LogP contribution is -2.20. The molecule has 3 aromatic rings. The fourth-order valence-corrected chi connectivity index (χ4v) is 2.94. The van der Waals surface area contributed by atoms with E-state index in [1.165, 1.54) is 0 Å². The quantitative estimate of drug-likeness (QED) is 0.485. The van der Waals surface area contributed by atoms with Gasteiger partial charge in [0.2, 0.25) is 0 Å². The first-order chi connectivity index (χ1) is 14.0. The van der Waals surface area contributed by atoms with Gasteiger partial charge in [0.1, 0.15) is 11.5 Å². The van der Waals surface area contributed by atoms with Crippen LogP contribution in [0.5, 0.6) is 11.5 Å². The zero-order valence-corrected chi connectivity index (χ0v) is 17.3. The third kappa shape index (κ3) is 6.31. The minimum absolute atomic E-state index is 0.145. The van der Waals surface area contributed by atoms with E-state index in [2.05, 4.69) is 10.6 Å². The van der Waals surface area contributed by atoms with Crippen LogP contribution in [0.1, 0.15) is 5.56 Å². The molecule has 3 rings (SSSR count). The first-order valence-electron chi connectivity index (χ1n) is 8.88. The molecule has 0 aromatic heterocycles. The van der Waals surface area contributed by atoms with Gasteiger partial charge in [0, 0.05) is 22.9 Å². The largest absolute Gasteiger partial charge is 0.497 e. The molecule has 0 unspecified atom stereocenters. The summed E-state index contributed by atoms with van der Waals surface area (Å²) in [5.74, 6) is 0.892. The Morgan fingerprint density at radius 2 is 1.62 bits per heavy atom. The zero-order chi connectivity index (χ0) is 20.6. The molecule has 0 saturated carbocycles. The molecule has 150 valence electrons. The third-order valence-electron chi connectivity index (χ3n) is 4.07. The lowest BCUT2D eigenvalue weighted by Gasteiger charge is -2.11. The summed E-state index contributed by atoms with van der Waals surface area (Å²) in [7, 11) is 1.59. The normalized spacial score (nSPS) is 10.3. The molecule has 0 saturated heterocycles. The Bertz CT molecular complexity index is 961. The maximum Gasteiger partial charge on any atom is 0.262 e. The number of benzene rings is 3. The molecular weight excluding hydrogens is 411 g/mol. The molecule has 2 N–H and O–H groups in total. The summed E-state index contributed by atoms with van der Waals surface area (Å²) in [6.07, 6.45) is 0. The van der Waals surface area contributed by atoms with Gasteiger partial charge in [0.05, 0.1) is 12.1 Å². The summed E-state index contributed by atoms with van der Waals surface area (Å²) >= 11 is 12.2. The molecule has 1 amide bonds. The molecule has 0 fully saturated rings. The van der Waals surface area contributed by atoms with Crippen molar-refractivity contribution in [1.29, 1.82) is 0 Å². The first kappa shape index (κ1) is 20.8. The molecule has 29 heavy (non-hydrogen) atoms. The predicted molar refractivity (Wildman–Crippen MR) is 117 cm³/mol. The minimum atomic E-state index is -0.278.